The summed E-state index contributed by atoms with van der Waals surface area (Å²) in [6.45, 7) is 2.07. The third-order valence-electron chi connectivity index (χ3n) is 1.87. The van der Waals surface area contributed by atoms with Crippen LogP contribution in [0, 0.1) is 0 Å². The predicted octanol–water partition coefficient (Wildman–Crippen LogP) is 0.278. The number of rotatable bonds is 4. The van der Waals surface area contributed by atoms with Gasteiger partial charge in [-0.3, -0.25) is 14.8 Å². The van der Waals surface area contributed by atoms with E-state index < -0.39 is 0 Å². The van der Waals surface area contributed by atoms with Gasteiger partial charge in [0.25, 0.3) is 0 Å². The van der Waals surface area contributed by atoms with Gasteiger partial charge in [-0.25, -0.2) is 0 Å². The minimum Gasteiger partial charge on any atom is -0.397 e. The Bertz CT molecular complexity index is 388. The van der Waals surface area contributed by atoms with Crippen LogP contribution < -0.4 is 5.73 Å². The van der Waals surface area contributed by atoms with Crippen LogP contribution in [0.2, 0.25) is 0 Å². The highest BCUT2D eigenvalue weighted by Crippen LogP contribution is 2.11. The minimum atomic E-state index is -0.0103. The Hall–Kier alpha value is -1.75. The molecule has 0 radical (unpaired) electrons. The number of nitrogens with two attached hydrogens (primary N) is 1. The molecule has 1 heterocycles. The predicted molar refractivity (Wildman–Crippen MR) is 58.2 cm³/mol. The van der Waals surface area contributed by atoms with Gasteiger partial charge in [-0.15, -0.1) is 0 Å². The maximum Gasteiger partial charge on any atom is 0.151 e. The maximum atomic E-state index is 10.5. The largest absolute Gasteiger partial charge is 0.397 e. The van der Waals surface area contributed by atoms with E-state index in [2.05, 4.69) is 9.98 Å². The van der Waals surface area contributed by atoms with Gasteiger partial charge in [-0.05, 0) is 13.0 Å². The van der Waals surface area contributed by atoms with Crippen LogP contribution in [0.1, 0.15) is 23.0 Å². The molecular weight excluding hydrogens is 194 g/mol. The van der Waals surface area contributed by atoms with Gasteiger partial charge in [0.05, 0.1) is 24.6 Å². The molecule has 5 nitrogen and oxygen atoms in total. The number of anilines is 1. The summed E-state index contributed by atoms with van der Waals surface area (Å²) >= 11 is 0. The number of carbonyl (C=O) groups is 1. The van der Waals surface area contributed by atoms with Crippen LogP contribution in [0.5, 0.6) is 0 Å². The molecule has 0 bridgehead atoms. The van der Waals surface area contributed by atoms with Crippen molar-refractivity contribution < 1.29 is 9.90 Å². The topological polar surface area (TPSA) is 88.6 Å². The second-order valence-corrected chi connectivity index (χ2v) is 3.02. The van der Waals surface area contributed by atoms with Crippen molar-refractivity contribution in [3.8, 4) is 0 Å². The second-order valence-electron chi connectivity index (χ2n) is 3.02. The Morgan fingerprint density at radius 3 is 3.00 bits per heavy atom. The van der Waals surface area contributed by atoms with Gasteiger partial charge in [0.2, 0.25) is 0 Å². The molecule has 0 amide bonds. The molecule has 0 saturated heterocycles. The molecule has 0 saturated carbocycles. The van der Waals surface area contributed by atoms with E-state index in [0.29, 0.717) is 35.5 Å². The van der Waals surface area contributed by atoms with Crippen LogP contribution in [-0.2, 0) is 0 Å². The first-order valence-corrected chi connectivity index (χ1v) is 4.52. The number of aldehydes is 1. The molecular formula is C10H13N3O2. The molecule has 0 atom stereocenters. The van der Waals surface area contributed by atoms with Crippen LogP contribution in [0.25, 0.3) is 0 Å². The highest BCUT2D eigenvalue weighted by Gasteiger charge is 2.05. The number of nitrogens with zero attached hydrogens (tertiary/aromatic N) is 2. The van der Waals surface area contributed by atoms with E-state index >= 15 is 0 Å². The van der Waals surface area contributed by atoms with E-state index in [4.69, 9.17) is 10.8 Å². The summed E-state index contributed by atoms with van der Waals surface area (Å²) in [5, 5.41) is 8.61. The van der Waals surface area contributed by atoms with Crippen molar-refractivity contribution in [1.29, 1.82) is 0 Å². The number of aliphatic hydroxyl groups is 1. The van der Waals surface area contributed by atoms with E-state index in [1.807, 2.05) is 0 Å². The Kier molecular flexibility index (Phi) is 3.93. The first-order valence-electron chi connectivity index (χ1n) is 4.52. The standard InChI is InChI=1S/C10H13N3O2/c1-7(12-2-3-14)10-9(11)4-8(6-15)5-13-10/h4-6,14H,2-3,11H2,1H3. The SMILES string of the molecule is CC(=NCCO)c1ncc(C=O)cc1N. The van der Waals surface area contributed by atoms with E-state index in [1.54, 1.807) is 13.0 Å². The van der Waals surface area contributed by atoms with E-state index in [1.165, 1.54) is 6.20 Å². The molecule has 3 N–H and O–H groups in total. The molecule has 0 aliphatic heterocycles. The smallest absolute Gasteiger partial charge is 0.151 e. The molecule has 0 fully saturated rings. The van der Waals surface area contributed by atoms with Crippen LogP contribution in [0.15, 0.2) is 17.3 Å². The Labute approximate surface area is 87.7 Å². The molecule has 1 aromatic heterocycles. The average Bonchev–Trinajstić information content (AvgIpc) is 2.25. The lowest BCUT2D eigenvalue weighted by Gasteiger charge is -2.04. The van der Waals surface area contributed by atoms with Gasteiger partial charge in [0.15, 0.2) is 6.29 Å². The lowest BCUT2D eigenvalue weighted by molar-refractivity contribution is 0.112. The first kappa shape index (κ1) is 11.3. The number of aliphatic imine (C=N–C) groups is 1. The fourth-order valence-corrected chi connectivity index (χ4v) is 1.16. The van der Waals surface area contributed by atoms with Gasteiger partial charge >= 0.3 is 0 Å². The molecule has 1 rings (SSSR count). The third kappa shape index (κ3) is 2.85. The molecule has 5 heteroatoms. The molecule has 0 aliphatic carbocycles. The summed E-state index contributed by atoms with van der Waals surface area (Å²) < 4.78 is 0. The minimum absolute atomic E-state index is 0.0103. The van der Waals surface area contributed by atoms with Gasteiger partial charge in [-0.1, -0.05) is 0 Å². The quantitative estimate of drug-likeness (QED) is 0.548. The monoisotopic (exact) mass is 207 g/mol. The summed E-state index contributed by atoms with van der Waals surface area (Å²) in [5.74, 6) is 0. The first-order chi connectivity index (χ1) is 7.19. The van der Waals surface area contributed by atoms with Gasteiger partial charge < -0.3 is 10.8 Å². The molecule has 15 heavy (non-hydrogen) atoms. The van der Waals surface area contributed by atoms with Crippen LogP contribution in [0.3, 0.4) is 0 Å². The van der Waals surface area contributed by atoms with Crippen molar-refractivity contribution in [2.45, 2.75) is 6.92 Å². The zero-order valence-corrected chi connectivity index (χ0v) is 8.47. The van der Waals surface area contributed by atoms with Crippen LogP contribution >= 0.6 is 0 Å². The number of hydrogen-bond acceptors (Lipinski definition) is 5. The summed E-state index contributed by atoms with van der Waals surface area (Å²) in [7, 11) is 0. The Morgan fingerprint density at radius 1 is 1.73 bits per heavy atom. The molecule has 0 aliphatic rings. The molecule has 80 valence electrons. The zero-order chi connectivity index (χ0) is 11.3. The zero-order valence-electron chi connectivity index (χ0n) is 8.47. The Balaban J connectivity index is 3.00. The number of hydrogen-bond donors (Lipinski definition) is 2. The van der Waals surface area contributed by atoms with E-state index in [0.717, 1.165) is 0 Å². The van der Waals surface area contributed by atoms with Gasteiger partial charge in [-0.2, -0.15) is 0 Å². The summed E-state index contributed by atoms with van der Waals surface area (Å²) in [5.41, 5.74) is 7.76. The van der Waals surface area contributed by atoms with Gasteiger partial charge in [0, 0.05) is 11.8 Å². The summed E-state index contributed by atoms with van der Waals surface area (Å²) in [6.07, 6.45) is 2.13. The van der Waals surface area contributed by atoms with Crippen LogP contribution in [0.4, 0.5) is 5.69 Å². The number of pyridine rings is 1. The van der Waals surface area contributed by atoms with Crippen molar-refractivity contribution in [2.75, 3.05) is 18.9 Å². The highest BCUT2D eigenvalue weighted by molar-refractivity contribution is 6.01. The lowest BCUT2D eigenvalue weighted by atomic mass is 10.2. The fraction of sp³-hybridized carbons (Fsp3) is 0.300. The van der Waals surface area contributed by atoms with Crippen molar-refractivity contribution in [1.82, 2.24) is 4.98 Å². The van der Waals surface area contributed by atoms with E-state index in [-0.39, 0.29) is 6.61 Å². The van der Waals surface area contributed by atoms with Crippen molar-refractivity contribution in [3.05, 3.63) is 23.5 Å². The van der Waals surface area contributed by atoms with Crippen LogP contribution in [-0.4, -0.2) is 35.2 Å². The summed E-state index contributed by atoms with van der Waals surface area (Å²) in [4.78, 5) is 18.6. The fourth-order valence-electron chi connectivity index (χ4n) is 1.16. The number of aromatic nitrogens is 1. The molecule has 0 aromatic carbocycles. The molecule has 1 aromatic rings. The Morgan fingerprint density at radius 2 is 2.47 bits per heavy atom. The maximum absolute atomic E-state index is 10.5. The number of aliphatic hydroxyl groups excluding tert-OH is 1. The molecule has 0 unspecified atom stereocenters. The lowest BCUT2D eigenvalue weighted by Crippen LogP contribution is -2.06. The number of carbonyl (C=O) groups excluding carboxylic acids is 1. The molecule has 0 spiro atoms. The van der Waals surface area contributed by atoms with Crippen molar-refractivity contribution in [3.63, 3.8) is 0 Å². The summed E-state index contributed by atoms with van der Waals surface area (Å²) in [6, 6.07) is 1.55. The highest BCUT2D eigenvalue weighted by atomic mass is 16.3. The van der Waals surface area contributed by atoms with Gasteiger partial charge in [0.1, 0.15) is 5.69 Å². The second kappa shape index (κ2) is 5.21. The third-order valence-corrected chi connectivity index (χ3v) is 1.87. The normalized spacial score (nSPS) is 11.5. The van der Waals surface area contributed by atoms with Crippen molar-refractivity contribution >= 4 is 17.7 Å². The average molecular weight is 207 g/mol. The van der Waals surface area contributed by atoms with E-state index in [9.17, 15) is 4.79 Å². The van der Waals surface area contributed by atoms with Crippen molar-refractivity contribution in [2.24, 2.45) is 4.99 Å². The number of nitrogen functional groups attached to an aromatic ring is 1.